The molecule has 0 radical (unpaired) electrons. The van der Waals surface area contributed by atoms with Gasteiger partial charge in [0.05, 0.1) is 13.2 Å². The van der Waals surface area contributed by atoms with Crippen molar-refractivity contribution in [1.29, 1.82) is 0 Å². The first-order valence-electron chi connectivity index (χ1n) is 5.61. The summed E-state index contributed by atoms with van der Waals surface area (Å²) in [4.78, 5) is 24.4. The van der Waals surface area contributed by atoms with Gasteiger partial charge >= 0.3 is 11.9 Å². The Morgan fingerprint density at radius 3 is 2.24 bits per heavy atom. The molecule has 0 saturated carbocycles. The topological polar surface area (TPSA) is 65.1 Å². The molecule has 0 aliphatic rings. The van der Waals surface area contributed by atoms with Crippen LogP contribution in [0.5, 0.6) is 0 Å². The molecule has 0 aliphatic heterocycles. The first-order valence-corrected chi connectivity index (χ1v) is 5.61. The number of nitrogens with zero attached hydrogens (tertiary/aromatic N) is 1. The van der Waals surface area contributed by atoms with E-state index in [4.69, 9.17) is 9.47 Å². The summed E-state index contributed by atoms with van der Waals surface area (Å²) in [6.07, 6.45) is 0.672. The highest BCUT2D eigenvalue weighted by atomic mass is 16.5. The zero-order valence-electron chi connectivity index (χ0n) is 10.7. The minimum absolute atomic E-state index is 0.195. The highest BCUT2D eigenvalue weighted by molar-refractivity contribution is 6.32. The normalized spacial score (nSPS) is 10.1. The summed E-state index contributed by atoms with van der Waals surface area (Å²) < 4.78 is 14.5. The van der Waals surface area contributed by atoms with Crippen molar-refractivity contribution >= 4 is 11.9 Å². The Morgan fingerprint density at radius 2 is 1.71 bits per heavy atom. The molecule has 0 bridgehead atoms. The third-order valence-electron chi connectivity index (χ3n) is 2.08. The Kier molecular flexibility index (Phi) is 9.37. The molecular formula is C11H21NO5. The van der Waals surface area contributed by atoms with Crippen molar-refractivity contribution in [2.75, 3.05) is 47.1 Å². The zero-order valence-corrected chi connectivity index (χ0v) is 10.7. The van der Waals surface area contributed by atoms with Gasteiger partial charge in [-0.3, -0.25) is 4.79 Å². The third-order valence-corrected chi connectivity index (χ3v) is 2.08. The second kappa shape index (κ2) is 10.0. The Morgan fingerprint density at radius 1 is 1.06 bits per heavy atom. The van der Waals surface area contributed by atoms with Crippen molar-refractivity contribution in [3.8, 4) is 0 Å². The molecule has 0 atom stereocenters. The summed E-state index contributed by atoms with van der Waals surface area (Å²) in [5.41, 5.74) is 0. The molecule has 1 amide bonds. The molecule has 0 aromatic heterocycles. The van der Waals surface area contributed by atoms with E-state index in [0.29, 0.717) is 32.7 Å². The maximum atomic E-state index is 11.7. The van der Waals surface area contributed by atoms with E-state index >= 15 is 0 Å². The molecule has 0 heterocycles. The number of carbonyl (C=O) groups excluding carboxylic acids is 2. The lowest BCUT2D eigenvalue weighted by Gasteiger charge is -2.20. The van der Waals surface area contributed by atoms with Gasteiger partial charge in [-0.05, 0) is 13.3 Å². The van der Waals surface area contributed by atoms with Crippen LogP contribution in [0.3, 0.4) is 0 Å². The third kappa shape index (κ3) is 6.91. The van der Waals surface area contributed by atoms with Gasteiger partial charge in [-0.15, -0.1) is 0 Å². The monoisotopic (exact) mass is 247 g/mol. The van der Waals surface area contributed by atoms with Crippen LogP contribution < -0.4 is 0 Å². The minimum Gasteiger partial charge on any atom is -0.459 e. The predicted octanol–water partition coefficient (Wildman–Crippen LogP) is 0.0610. The van der Waals surface area contributed by atoms with E-state index in [2.05, 4.69) is 4.74 Å². The molecule has 0 saturated heterocycles. The maximum Gasteiger partial charge on any atom is 0.397 e. The van der Waals surface area contributed by atoms with Crippen LogP contribution in [0.1, 0.15) is 13.3 Å². The van der Waals surface area contributed by atoms with Crippen LogP contribution in [0.15, 0.2) is 0 Å². The molecular weight excluding hydrogens is 226 g/mol. The first-order chi connectivity index (χ1) is 8.17. The van der Waals surface area contributed by atoms with Gasteiger partial charge in [0.2, 0.25) is 0 Å². The molecule has 0 fully saturated rings. The summed E-state index contributed by atoms with van der Waals surface area (Å²) in [6, 6.07) is 0. The van der Waals surface area contributed by atoms with Crippen LogP contribution in [-0.4, -0.2) is 63.9 Å². The van der Waals surface area contributed by atoms with E-state index < -0.39 is 11.9 Å². The van der Waals surface area contributed by atoms with Gasteiger partial charge in [-0.25, -0.2) is 4.79 Å². The molecule has 0 aliphatic carbocycles. The van der Waals surface area contributed by atoms with E-state index in [1.165, 1.54) is 4.90 Å². The fraction of sp³-hybridized carbons (Fsp3) is 0.818. The van der Waals surface area contributed by atoms with Gasteiger partial charge in [0.1, 0.15) is 0 Å². The van der Waals surface area contributed by atoms with Gasteiger partial charge in [0.15, 0.2) is 0 Å². The number of hydrogen-bond acceptors (Lipinski definition) is 5. The SMILES string of the molecule is CCOC(=O)C(=O)N(CCCOC)CCOC. The van der Waals surface area contributed by atoms with Crippen molar-refractivity contribution in [2.45, 2.75) is 13.3 Å². The van der Waals surface area contributed by atoms with Crippen LogP contribution in [0, 0.1) is 0 Å². The average molecular weight is 247 g/mol. The van der Waals surface area contributed by atoms with Crippen LogP contribution in [0.25, 0.3) is 0 Å². The highest BCUT2D eigenvalue weighted by Gasteiger charge is 2.22. The molecule has 0 unspecified atom stereocenters. The van der Waals surface area contributed by atoms with Crippen LogP contribution in [-0.2, 0) is 23.8 Å². The standard InChI is InChI=1S/C11H21NO5/c1-4-17-11(14)10(13)12(7-9-16-3)6-5-8-15-2/h4-9H2,1-3H3. The van der Waals surface area contributed by atoms with Crippen molar-refractivity contribution < 1.29 is 23.8 Å². The summed E-state index contributed by atoms with van der Waals surface area (Å²) in [6.45, 7) is 3.61. The Balaban J connectivity index is 4.22. The highest BCUT2D eigenvalue weighted by Crippen LogP contribution is 1.96. The van der Waals surface area contributed by atoms with Crippen molar-refractivity contribution in [1.82, 2.24) is 4.90 Å². The van der Waals surface area contributed by atoms with Crippen LogP contribution >= 0.6 is 0 Å². The van der Waals surface area contributed by atoms with E-state index in [1.54, 1.807) is 21.1 Å². The number of ether oxygens (including phenoxy) is 3. The molecule has 0 rings (SSSR count). The van der Waals surface area contributed by atoms with Gasteiger partial charge in [-0.2, -0.15) is 0 Å². The lowest BCUT2D eigenvalue weighted by Crippen LogP contribution is -2.40. The summed E-state index contributed by atoms with van der Waals surface area (Å²) in [5.74, 6) is -1.44. The molecule has 0 aromatic carbocycles. The van der Waals surface area contributed by atoms with Gasteiger partial charge in [0.25, 0.3) is 0 Å². The van der Waals surface area contributed by atoms with Gasteiger partial charge in [-0.1, -0.05) is 0 Å². The number of rotatable bonds is 8. The lowest BCUT2D eigenvalue weighted by atomic mass is 10.3. The fourth-order valence-electron chi connectivity index (χ4n) is 1.24. The molecule has 100 valence electrons. The quantitative estimate of drug-likeness (QED) is 0.345. The number of amides is 1. The molecule has 0 N–H and O–H groups in total. The van der Waals surface area contributed by atoms with Gasteiger partial charge in [0, 0.05) is 33.9 Å². The van der Waals surface area contributed by atoms with Crippen molar-refractivity contribution in [3.05, 3.63) is 0 Å². The summed E-state index contributed by atoms with van der Waals surface area (Å²) >= 11 is 0. The largest absolute Gasteiger partial charge is 0.459 e. The Labute approximate surface area is 102 Å². The number of hydrogen-bond donors (Lipinski definition) is 0. The maximum absolute atomic E-state index is 11.7. The average Bonchev–Trinajstić information content (AvgIpc) is 2.33. The molecule has 6 nitrogen and oxygen atoms in total. The second-order valence-corrected chi connectivity index (χ2v) is 3.35. The van der Waals surface area contributed by atoms with E-state index in [9.17, 15) is 9.59 Å². The first kappa shape index (κ1) is 15.9. The fourth-order valence-corrected chi connectivity index (χ4v) is 1.24. The summed E-state index contributed by atoms with van der Waals surface area (Å²) in [7, 11) is 3.13. The number of esters is 1. The van der Waals surface area contributed by atoms with Gasteiger partial charge < -0.3 is 19.1 Å². The number of carbonyl (C=O) groups is 2. The second-order valence-electron chi connectivity index (χ2n) is 3.35. The summed E-state index contributed by atoms with van der Waals surface area (Å²) in [5, 5.41) is 0. The predicted molar refractivity (Wildman–Crippen MR) is 61.6 cm³/mol. The van der Waals surface area contributed by atoms with E-state index in [0.717, 1.165) is 0 Å². The minimum atomic E-state index is -0.819. The van der Waals surface area contributed by atoms with Crippen LogP contribution in [0.2, 0.25) is 0 Å². The van der Waals surface area contributed by atoms with Crippen LogP contribution in [0.4, 0.5) is 0 Å². The van der Waals surface area contributed by atoms with E-state index in [-0.39, 0.29) is 6.61 Å². The lowest BCUT2D eigenvalue weighted by molar-refractivity contribution is -0.160. The van der Waals surface area contributed by atoms with E-state index in [1.807, 2.05) is 0 Å². The Hall–Kier alpha value is -1.14. The molecule has 0 aromatic rings. The number of methoxy groups -OCH3 is 2. The molecule has 17 heavy (non-hydrogen) atoms. The van der Waals surface area contributed by atoms with Crippen molar-refractivity contribution in [3.63, 3.8) is 0 Å². The zero-order chi connectivity index (χ0) is 13.1. The smallest absolute Gasteiger partial charge is 0.397 e. The van der Waals surface area contributed by atoms with Crippen molar-refractivity contribution in [2.24, 2.45) is 0 Å². The Bertz CT molecular complexity index is 232. The molecule has 0 spiro atoms. The molecule has 6 heteroatoms.